The number of fused-ring (bicyclic) bond motifs is 1. The van der Waals surface area contributed by atoms with Crippen molar-refractivity contribution in [1.82, 2.24) is 5.32 Å². The maximum absolute atomic E-state index is 5.77. The van der Waals surface area contributed by atoms with Gasteiger partial charge in [-0.25, -0.2) is 0 Å². The van der Waals surface area contributed by atoms with Crippen LogP contribution in [-0.2, 0) is 6.42 Å². The molecule has 0 heterocycles. The summed E-state index contributed by atoms with van der Waals surface area (Å²) in [5.74, 6) is 0. The summed E-state index contributed by atoms with van der Waals surface area (Å²) in [4.78, 5) is 0. The van der Waals surface area contributed by atoms with Crippen LogP contribution in [-0.4, -0.2) is 12.6 Å². The van der Waals surface area contributed by atoms with E-state index in [1.165, 1.54) is 30.4 Å². The first-order valence-electron chi connectivity index (χ1n) is 5.84. The minimum atomic E-state index is 0.235. The molecule has 0 amide bonds. The van der Waals surface area contributed by atoms with Crippen LogP contribution in [0.4, 0.5) is 0 Å². The van der Waals surface area contributed by atoms with Crippen LogP contribution >= 0.6 is 0 Å². The third-order valence-corrected chi connectivity index (χ3v) is 3.06. The lowest BCUT2D eigenvalue weighted by molar-refractivity contribution is 0.445. The quantitative estimate of drug-likeness (QED) is 0.790. The van der Waals surface area contributed by atoms with Crippen LogP contribution in [0.2, 0.25) is 0 Å². The summed E-state index contributed by atoms with van der Waals surface area (Å²) in [6.07, 6.45) is 3.75. The molecule has 0 bridgehead atoms. The molecule has 2 unspecified atom stereocenters. The fourth-order valence-electron chi connectivity index (χ4n) is 2.29. The van der Waals surface area contributed by atoms with E-state index in [0.717, 1.165) is 6.54 Å². The number of nitrogens with two attached hydrogens (primary N) is 1. The second-order valence-electron chi connectivity index (χ2n) is 4.53. The summed E-state index contributed by atoms with van der Waals surface area (Å²) < 4.78 is 0. The van der Waals surface area contributed by atoms with Crippen molar-refractivity contribution in [2.45, 2.75) is 38.3 Å². The van der Waals surface area contributed by atoms with Crippen LogP contribution in [0.3, 0.4) is 0 Å². The molecule has 1 aliphatic carbocycles. The van der Waals surface area contributed by atoms with Crippen molar-refractivity contribution in [3.05, 3.63) is 35.4 Å². The monoisotopic (exact) mass is 204 g/mol. The second-order valence-corrected chi connectivity index (χ2v) is 4.53. The zero-order chi connectivity index (χ0) is 10.7. The average molecular weight is 204 g/mol. The first kappa shape index (κ1) is 10.7. The van der Waals surface area contributed by atoms with Crippen molar-refractivity contribution < 1.29 is 0 Å². The van der Waals surface area contributed by atoms with Crippen molar-refractivity contribution in [3.63, 3.8) is 0 Å². The Morgan fingerprint density at radius 3 is 3.07 bits per heavy atom. The molecule has 1 aliphatic rings. The summed E-state index contributed by atoms with van der Waals surface area (Å²) >= 11 is 0. The molecule has 0 fully saturated rings. The van der Waals surface area contributed by atoms with Crippen LogP contribution in [0, 0.1) is 0 Å². The minimum Gasteiger partial charge on any atom is -0.327 e. The van der Waals surface area contributed by atoms with Crippen LogP contribution < -0.4 is 11.1 Å². The molecule has 2 heteroatoms. The summed E-state index contributed by atoms with van der Waals surface area (Å²) in [5.41, 5.74) is 8.75. The molecule has 0 saturated carbocycles. The highest BCUT2D eigenvalue weighted by Crippen LogP contribution is 2.29. The van der Waals surface area contributed by atoms with Crippen LogP contribution in [0.5, 0.6) is 0 Å². The van der Waals surface area contributed by atoms with Gasteiger partial charge in [0.15, 0.2) is 0 Å². The number of hydrogen-bond acceptors (Lipinski definition) is 2. The number of rotatable bonds is 3. The molecule has 0 aliphatic heterocycles. The van der Waals surface area contributed by atoms with Gasteiger partial charge in [0.25, 0.3) is 0 Å². The van der Waals surface area contributed by atoms with E-state index in [2.05, 4.69) is 29.6 Å². The molecule has 3 N–H and O–H groups in total. The average Bonchev–Trinajstić information content (AvgIpc) is 2.26. The number of benzene rings is 1. The normalized spacial score (nSPS) is 22.1. The third kappa shape index (κ3) is 2.58. The van der Waals surface area contributed by atoms with Gasteiger partial charge in [0.05, 0.1) is 0 Å². The molecule has 2 nitrogen and oxygen atoms in total. The topological polar surface area (TPSA) is 38.0 Å². The van der Waals surface area contributed by atoms with E-state index >= 15 is 0 Å². The van der Waals surface area contributed by atoms with E-state index in [0.29, 0.717) is 6.04 Å². The highest BCUT2D eigenvalue weighted by Gasteiger charge is 2.18. The van der Waals surface area contributed by atoms with Gasteiger partial charge in [-0.15, -0.1) is 0 Å². The fraction of sp³-hybridized carbons (Fsp3) is 0.538. The maximum Gasteiger partial charge on any atom is 0.0323 e. The Hall–Kier alpha value is -0.860. The largest absolute Gasteiger partial charge is 0.327 e. The molecule has 2 rings (SSSR count). The highest BCUT2D eigenvalue weighted by atomic mass is 14.9. The molecular weight excluding hydrogens is 184 g/mol. The first-order valence-corrected chi connectivity index (χ1v) is 5.84. The van der Waals surface area contributed by atoms with E-state index in [1.54, 1.807) is 0 Å². The van der Waals surface area contributed by atoms with E-state index < -0.39 is 0 Å². The van der Waals surface area contributed by atoms with E-state index in [9.17, 15) is 0 Å². The van der Waals surface area contributed by atoms with Gasteiger partial charge in [-0.1, -0.05) is 24.3 Å². The lowest BCUT2D eigenvalue weighted by atomic mass is 9.88. The Morgan fingerprint density at radius 2 is 2.27 bits per heavy atom. The molecule has 82 valence electrons. The molecule has 0 aromatic heterocycles. The van der Waals surface area contributed by atoms with Gasteiger partial charge in [-0.2, -0.15) is 0 Å². The highest BCUT2D eigenvalue weighted by molar-refractivity contribution is 5.32. The van der Waals surface area contributed by atoms with Gasteiger partial charge in [0.2, 0.25) is 0 Å². The first-order chi connectivity index (χ1) is 7.27. The summed E-state index contributed by atoms with van der Waals surface area (Å²) in [7, 11) is 0. The van der Waals surface area contributed by atoms with Gasteiger partial charge in [-0.05, 0) is 37.3 Å². The molecule has 0 spiro atoms. The van der Waals surface area contributed by atoms with Gasteiger partial charge < -0.3 is 11.1 Å². The summed E-state index contributed by atoms with van der Waals surface area (Å²) in [6.45, 7) is 2.95. The molecule has 1 aromatic carbocycles. The van der Waals surface area contributed by atoms with E-state index in [1.807, 2.05) is 6.92 Å². The predicted molar refractivity (Wildman–Crippen MR) is 63.8 cm³/mol. The molecule has 0 saturated heterocycles. The van der Waals surface area contributed by atoms with E-state index in [-0.39, 0.29) is 6.04 Å². The zero-order valence-electron chi connectivity index (χ0n) is 9.37. The summed E-state index contributed by atoms with van der Waals surface area (Å²) in [6, 6.07) is 9.50. The minimum absolute atomic E-state index is 0.235. The van der Waals surface area contributed by atoms with E-state index in [4.69, 9.17) is 5.73 Å². The molecule has 1 aromatic rings. The SMILES string of the molecule is CC(N)CNC1CCCc2ccccc21. The fourth-order valence-corrected chi connectivity index (χ4v) is 2.29. The lowest BCUT2D eigenvalue weighted by Crippen LogP contribution is -2.35. The molecule has 15 heavy (non-hydrogen) atoms. The Kier molecular flexibility index (Phi) is 3.39. The lowest BCUT2D eigenvalue weighted by Gasteiger charge is -2.27. The van der Waals surface area contributed by atoms with Gasteiger partial charge >= 0.3 is 0 Å². The van der Waals surface area contributed by atoms with Gasteiger partial charge in [0, 0.05) is 18.6 Å². The molecule has 2 atom stereocenters. The van der Waals surface area contributed by atoms with Crippen molar-refractivity contribution in [2.24, 2.45) is 5.73 Å². The standard InChI is InChI=1S/C13H20N2/c1-10(14)9-15-13-8-4-6-11-5-2-3-7-12(11)13/h2-3,5,7,10,13,15H,4,6,8-9,14H2,1H3. The predicted octanol–water partition coefficient (Wildman–Crippen LogP) is 2.00. The van der Waals surface area contributed by atoms with Crippen molar-refractivity contribution in [1.29, 1.82) is 0 Å². The Balaban J connectivity index is 2.08. The number of nitrogens with one attached hydrogen (secondary N) is 1. The van der Waals surface area contributed by atoms with Crippen LogP contribution in [0.15, 0.2) is 24.3 Å². The Morgan fingerprint density at radius 1 is 1.47 bits per heavy atom. The van der Waals surface area contributed by atoms with Gasteiger partial charge in [0.1, 0.15) is 0 Å². The van der Waals surface area contributed by atoms with Crippen molar-refractivity contribution in [2.75, 3.05) is 6.54 Å². The smallest absolute Gasteiger partial charge is 0.0323 e. The molecular formula is C13H20N2. The van der Waals surface area contributed by atoms with Gasteiger partial charge in [-0.3, -0.25) is 0 Å². The second kappa shape index (κ2) is 4.77. The third-order valence-electron chi connectivity index (χ3n) is 3.06. The van der Waals surface area contributed by atoms with Crippen LogP contribution in [0.1, 0.15) is 36.9 Å². The number of hydrogen-bond donors (Lipinski definition) is 2. The molecule has 0 radical (unpaired) electrons. The van der Waals surface area contributed by atoms with Crippen LogP contribution in [0.25, 0.3) is 0 Å². The zero-order valence-corrected chi connectivity index (χ0v) is 9.37. The maximum atomic E-state index is 5.77. The summed E-state index contributed by atoms with van der Waals surface area (Å²) in [5, 5.41) is 3.55. The van der Waals surface area contributed by atoms with Crippen molar-refractivity contribution in [3.8, 4) is 0 Å². The number of aryl methyl sites for hydroxylation is 1. The Labute approximate surface area is 91.9 Å². The van der Waals surface area contributed by atoms with Crippen molar-refractivity contribution >= 4 is 0 Å². The Bertz CT molecular complexity index is 320.